The van der Waals surface area contributed by atoms with Crippen molar-refractivity contribution >= 4 is 23.2 Å². The Labute approximate surface area is 155 Å². The van der Waals surface area contributed by atoms with Gasteiger partial charge < -0.3 is 4.98 Å². The number of nitriles is 1. The van der Waals surface area contributed by atoms with Crippen molar-refractivity contribution < 1.29 is 0 Å². The van der Waals surface area contributed by atoms with Crippen molar-refractivity contribution in [3.63, 3.8) is 0 Å². The van der Waals surface area contributed by atoms with Gasteiger partial charge in [-0.1, -0.05) is 60.5 Å². The van der Waals surface area contributed by atoms with Crippen LogP contribution in [0.5, 0.6) is 0 Å². The van der Waals surface area contributed by atoms with Crippen LogP contribution in [-0.2, 0) is 6.42 Å². The van der Waals surface area contributed by atoms with Crippen LogP contribution in [0.1, 0.15) is 18.1 Å². The minimum atomic E-state index is -0.430. The van der Waals surface area contributed by atoms with Gasteiger partial charge in [-0.05, 0) is 41.3 Å². The normalized spacial score (nSPS) is 10.5. The molecule has 0 saturated heterocycles. The minimum absolute atomic E-state index is 0.0484. The fourth-order valence-corrected chi connectivity index (χ4v) is 2.94. The Balaban J connectivity index is 2.20. The number of H-pyrrole nitrogens is 1. The molecule has 1 aromatic heterocycles. The van der Waals surface area contributed by atoms with E-state index in [4.69, 9.17) is 23.2 Å². The van der Waals surface area contributed by atoms with Crippen molar-refractivity contribution in [1.82, 2.24) is 4.98 Å². The third-order valence-corrected chi connectivity index (χ3v) is 4.79. The molecule has 3 rings (SSSR count). The van der Waals surface area contributed by atoms with E-state index in [9.17, 15) is 10.1 Å². The molecule has 0 unspecified atom stereocenters. The molecule has 0 amide bonds. The molecule has 0 aliphatic rings. The molecule has 0 saturated carbocycles. The third-order valence-electron chi connectivity index (χ3n) is 4.05. The maximum Gasteiger partial charge on any atom is 0.266 e. The first-order valence-electron chi connectivity index (χ1n) is 7.75. The fourth-order valence-electron chi connectivity index (χ4n) is 2.64. The summed E-state index contributed by atoms with van der Waals surface area (Å²) in [6.45, 7) is 2.08. The zero-order valence-electron chi connectivity index (χ0n) is 13.4. The molecule has 3 aromatic rings. The topological polar surface area (TPSA) is 56.6 Å². The Morgan fingerprint density at radius 2 is 1.68 bits per heavy atom. The van der Waals surface area contributed by atoms with Gasteiger partial charge in [-0.15, -0.1) is 0 Å². The van der Waals surface area contributed by atoms with Crippen molar-refractivity contribution in [1.29, 1.82) is 5.26 Å². The van der Waals surface area contributed by atoms with E-state index in [2.05, 4.69) is 11.9 Å². The Morgan fingerprint density at radius 3 is 2.28 bits per heavy atom. The van der Waals surface area contributed by atoms with Crippen LogP contribution in [0.2, 0.25) is 10.0 Å². The summed E-state index contributed by atoms with van der Waals surface area (Å²) in [5, 5.41) is 10.2. The summed E-state index contributed by atoms with van der Waals surface area (Å²) in [6.07, 6.45) is 0.943. The van der Waals surface area contributed by atoms with Gasteiger partial charge in [0.15, 0.2) is 0 Å². The van der Waals surface area contributed by atoms with Gasteiger partial charge in [0.05, 0.1) is 10.0 Å². The Hall–Kier alpha value is -2.54. The highest BCUT2D eigenvalue weighted by molar-refractivity contribution is 6.42. The summed E-state index contributed by atoms with van der Waals surface area (Å²) in [6, 6.07) is 16.8. The number of aromatic nitrogens is 1. The number of halogens is 2. The fraction of sp³-hybridized carbons (Fsp3) is 0.100. The van der Waals surface area contributed by atoms with Gasteiger partial charge in [-0.3, -0.25) is 4.79 Å². The van der Waals surface area contributed by atoms with Gasteiger partial charge in [0.1, 0.15) is 11.6 Å². The SMILES string of the molecule is CCc1ccc(-c2cc(-c3ccc(Cl)c(Cl)c3)c(C#N)c(=O)[nH]2)cc1. The molecule has 3 nitrogen and oxygen atoms in total. The number of pyridine rings is 1. The lowest BCUT2D eigenvalue weighted by Gasteiger charge is -2.09. The molecule has 1 N–H and O–H groups in total. The van der Waals surface area contributed by atoms with Crippen LogP contribution in [0.4, 0.5) is 0 Å². The quantitative estimate of drug-likeness (QED) is 0.667. The maximum absolute atomic E-state index is 12.4. The van der Waals surface area contributed by atoms with Crippen LogP contribution in [0.3, 0.4) is 0 Å². The Morgan fingerprint density at radius 1 is 1.00 bits per heavy atom. The van der Waals surface area contributed by atoms with Gasteiger partial charge in [0, 0.05) is 11.3 Å². The van der Waals surface area contributed by atoms with Gasteiger partial charge in [-0.25, -0.2) is 0 Å². The molecule has 0 aliphatic carbocycles. The maximum atomic E-state index is 12.4. The zero-order chi connectivity index (χ0) is 18.0. The van der Waals surface area contributed by atoms with Crippen LogP contribution < -0.4 is 5.56 Å². The summed E-state index contributed by atoms with van der Waals surface area (Å²) < 4.78 is 0. The van der Waals surface area contributed by atoms with Crippen LogP contribution in [-0.4, -0.2) is 4.98 Å². The minimum Gasteiger partial charge on any atom is -0.321 e. The molecule has 0 spiro atoms. The van der Waals surface area contributed by atoms with Gasteiger partial charge >= 0.3 is 0 Å². The number of hydrogen-bond donors (Lipinski definition) is 1. The number of rotatable bonds is 3. The average Bonchev–Trinajstić information content (AvgIpc) is 2.63. The molecule has 0 radical (unpaired) electrons. The molecule has 0 bridgehead atoms. The number of hydrogen-bond acceptors (Lipinski definition) is 2. The summed E-state index contributed by atoms with van der Waals surface area (Å²) in [7, 11) is 0. The predicted octanol–water partition coefficient (Wildman–Crippen LogP) is 5.45. The molecule has 0 aliphatic heterocycles. The van der Waals surface area contributed by atoms with Crippen LogP contribution in [0.15, 0.2) is 53.3 Å². The standard InChI is InChI=1S/C20H14Cl2N2O/c1-2-12-3-5-13(6-4-12)19-10-15(16(11-23)20(25)24-19)14-7-8-17(21)18(22)9-14/h3-10H,2H2,1H3,(H,24,25). The van der Waals surface area contributed by atoms with Gasteiger partial charge in [0.25, 0.3) is 5.56 Å². The second-order valence-electron chi connectivity index (χ2n) is 5.59. The summed E-state index contributed by atoms with van der Waals surface area (Å²) in [5.41, 5.74) is 3.55. The van der Waals surface area contributed by atoms with E-state index in [0.29, 0.717) is 26.9 Å². The molecule has 5 heteroatoms. The van der Waals surface area contributed by atoms with Gasteiger partial charge in [-0.2, -0.15) is 5.26 Å². The number of benzene rings is 2. The van der Waals surface area contributed by atoms with Crippen molar-refractivity contribution in [2.45, 2.75) is 13.3 Å². The molecule has 1 heterocycles. The first kappa shape index (κ1) is 17.3. The van der Waals surface area contributed by atoms with Crippen molar-refractivity contribution in [2.75, 3.05) is 0 Å². The van der Waals surface area contributed by atoms with E-state index in [0.717, 1.165) is 12.0 Å². The van der Waals surface area contributed by atoms with E-state index >= 15 is 0 Å². The summed E-state index contributed by atoms with van der Waals surface area (Å²) >= 11 is 12.1. The summed E-state index contributed by atoms with van der Waals surface area (Å²) in [5.74, 6) is 0. The second kappa shape index (κ2) is 7.14. The molecule has 0 atom stereocenters. The Kier molecular flexibility index (Phi) is 4.94. The largest absolute Gasteiger partial charge is 0.321 e. The lowest BCUT2D eigenvalue weighted by molar-refractivity contribution is 1.14. The molecule has 25 heavy (non-hydrogen) atoms. The van der Waals surface area contributed by atoms with Crippen LogP contribution in [0, 0.1) is 11.3 Å². The monoisotopic (exact) mass is 368 g/mol. The van der Waals surface area contributed by atoms with Crippen molar-refractivity contribution in [3.05, 3.63) is 80.1 Å². The molecule has 124 valence electrons. The predicted molar refractivity (Wildman–Crippen MR) is 102 cm³/mol. The highest BCUT2D eigenvalue weighted by Gasteiger charge is 2.13. The average molecular weight is 369 g/mol. The van der Waals surface area contributed by atoms with E-state index in [1.807, 2.05) is 30.3 Å². The highest BCUT2D eigenvalue weighted by atomic mass is 35.5. The zero-order valence-corrected chi connectivity index (χ0v) is 14.9. The molecule has 0 fully saturated rings. The Bertz CT molecular complexity index is 1030. The smallest absolute Gasteiger partial charge is 0.266 e. The lowest BCUT2D eigenvalue weighted by atomic mass is 9.98. The molecular weight excluding hydrogens is 355 g/mol. The third kappa shape index (κ3) is 3.46. The van der Waals surface area contributed by atoms with E-state index in [-0.39, 0.29) is 5.56 Å². The molecular formula is C20H14Cl2N2O. The summed E-state index contributed by atoms with van der Waals surface area (Å²) in [4.78, 5) is 15.2. The van der Waals surface area contributed by atoms with Crippen LogP contribution in [0.25, 0.3) is 22.4 Å². The number of aromatic amines is 1. The van der Waals surface area contributed by atoms with Gasteiger partial charge in [0.2, 0.25) is 0 Å². The number of aryl methyl sites for hydroxylation is 1. The number of nitrogens with zero attached hydrogens (tertiary/aromatic N) is 1. The van der Waals surface area contributed by atoms with Crippen LogP contribution >= 0.6 is 23.2 Å². The number of nitrogens with one attached hydrogen (secondary N) is 1. The van der Waals surface area contributed by atoms with E-state index in [1.54, 1.807) is 24.3 Å². The van der Waals surface area contributed by atoms with Crippen molar-refractivity contribution in [3.8, 4) is 28.5 Å². The first-order valence-corrected chi connectivity index (χ1v) is 8.51. The van der Waals surface area contributed by atoms with E-state index < -0.39 is 5.56 Å². The first-order chi connectivity index (χ1) is 12.0. The second-order valence-corrected chi connectivity index (χ2v) is 6.41. The van der Waals surface area contributed by atoms with Crippen molar-refractivity contribution in [2.24, 2.45) is 0 Å². The lowest BCUT2D eigenvalue weighted by Crippen LogP contribution is -2.12. The molecule has 2 aromatic carbocycles. The van der Waals surface area contributed by atoms with E-state index in [1.165, 1.54) is 5.56 Å². The highest BCUT2D eigenvalue weighted by Crippen LogP contribution is 2.31.